The van der Waals surface area contributed by atoms with Crippen LogP contribution in [0, 0.1) is 22.7 Å². The number of aromatic nitrogens is 2. The van der Waals surface area contributed by atoms with Gasteiger partial charge in [-0.15, -0.1) is 0 Å². The van der Waals surface area contributed by atoms with Crippen molar-refractivity contribution in [2.24, 2.45) is 0 Å². The fraction of sp³-hybridized carbons (Fsp3) is 0.100. The van der Waals surface area contributed by atoms with Gasteiger partial charge in [-0.1, -0.05) is 6.07 Å². The molecule has 1 aromatic carbocycles. The van der Waals surface area contributed by atoms with Crippen LogP contribution in [0.15, 0.2) is 16.9 Å². The van der Waals surface area contributed by atoms with Crippen molar-refractivity contribution in [3.63, 3.8) is 0 Å². The zero-order chi connectivity index (χ0) is 10.8. The molecule has 4 nitrogen and oxygen atoms in total. The second-order valence-corrected chi connectivity index (χ2v) is 3.72. The summed E-state index contributed by atoms with van der Waals surface area (Å²) in [7, 11) is 0. The molecule has 0 saturated carbocycles. The molecule has 0 fully saturated rings. The molecule has 0 amide bonds. The zero-order valence-electron chi connectivity index (χ0n) is 7.58. The molecule has 0 bridgehead atoms. The molecule has 0 saturated heterocycles. The quantitative estimate of drug-likeness (QED) is 0.855. The SMILES string of the molecule is N#CCc1ccc2[nH]c(Br)nc2c1C#N. The first-order chi connectivity index (χ1) is 7.26. The van der Waals surface area contributed by atoms with Crippen LogP contribution in [-0.4, -0.2) is 9.97 Å². The Kier molecular flexibility index (Phi) is 2.40. The number of imidazole rings is 1. The lowest BCUT2D eigenvalue weighted by Crippen LogP contribution is -1.89. The Bertz CT molecular complexity index is 600. The monoisotopic (exact) mass is 260 g/mol. The van der Waals surface area contributed by atoms with Crippen molar-refractivity contribution in [2.75, 3.05) is 0 Å². The van der Waals surface area contributed by atoms with Crippen LogP contribution in [0.5, 0.6) is 0 Å². The van der Waals surface area contributed by atoms with Gasteiger partial charge in [0.05, 0.1) is 23.6 Å². The van der Waals surface area contributed by atoms with E-state index in [-0.39, 0.29) is 6.42 Å². The van der Waals surface area contributed by atoms with Gasteiger partial charge in [0.1, 0.15) is 11.6 Å². The number of nitrogens with one attached hydrogen (secondary N) is 1. The van der Waals surface area contributed by atoms with Gasteiger partial charge in [-0.25, -0.2) is 4.98 Å². The standard InChI is InChI=1S/C10H5BrN4/c11-10-14-8-2-1-6(3-4-12)7(5-13)9(8)15-10/h1-2H,3H2,(H,14,15). The van der Waals surface area contributed by atoms with Crippen LogP contribution in [0.1, 0.15) is 11.1 Å². The molecular formula is C10H5BrN4. The Labute approximate surface area is 94.3 Å². The highest BCUT2D eigenvalue weighted by molar-refractivity contribution is 9.10. The van der Waals surface area contributed by atoms with Gasteiger partial charge in [0.15, 0.2) is 4.73 Å². The van der Waals surface area contributed by atoms with Gasteiger partial charge in [-0.05, 0) is 27.6 Å². The van der Waals surface area contributed by atoms with Gasteiger partial charge < -0.3 is 4.98 Å². The van der Waals surface area contributed by atoms with E-state index in [4.69, 9.17) is 10.5 Å². The maximum absolute atomic E-state index is 9.02. The van der Waals surface area contributed by atoms with Crippen LogP contribution in [0.2, 0.25) is 0 Å². The average Bonchev–Trinajstić information content (AvgIpc) is 2.58. The van der Waals surface area contributed by atoms with Gasteiger partial charge in [-0.2, -0.15) is 10.5 Å². The van der Waals surface area contributed by atoms with E-state index in [0.29, 0.717) is 21.4 Å². The maximum atomic E-state index is 9.02. The van der Waals surface area contributed by atoms with Crippen LogP contribution >= 0.6 is 15.9 Å². The summed E-state index contributed by atoms with van der Waals surface area (Å²) in [6.07, 6.45) is 0.226. The molecule has 0 aliphatic heterocycles. The number of rotatable bonds is 1. The second-order valence-electron chi connectivity index (χ2n) is 2.97. The Morgan fingerprint density at radius 1 is 1.40 bits per heavy atom. The van der Waals surface area contributed by atoms with Crippen LogP contribution in [0.25, 0.3) is 11.0 Å². The van der Waals surface area contributed by atoms with E-state index in [1.807, 2.05) is 12.1 Å². The fourth-order valence-electron chi connectivity index (χ4n) is 1.44. The van der Waals surface area contributed by atoms with E-state index < -0.39 is 0 Å². The number of hydrogen-bond donors (Lipinski definition) is 1. The Morgan fingerprint density at radius 3 is 2.87 bits per heavy atom. The van der Waals surface area contributed by atoms with Crippen molar-refractivity contribution in [3.05, 3.63) is 28.0 Å². The molecule has 2 aromatic rings. The summed E-state index contributed by atoms with van der Waals surface area (Å²) in [6.45, 7) is 0. The first-order valence-electron chi connectivity index (χ1n) is 4.20. The number of fused-ring (bicyclic) bond motifs is 1. The Morgan fingerprint density at radius 2 is 2.20 bits per heavy atom. The van der Waals surface area contributed by atoms with Crippen molar-refractivity contribution in [1.82, 2.24) is 9.97 Å². The first-order valence-corrected chi connectivity index (χ1v) is 4.99. The van der Waals surface area contributed by atoms with Crippen LogP contribution < -0.4 is 0 Å². The number of halogens is 1. The molecule has 2 rings (SSSR count). The van der Waals surface area contributed by atoms with Crippen LogP contribution in [0.4, 0.5) is 0 Å². The molecule has 0 spiro atoms. The van der Waals surface area contributed by atoms with Gasteiger partial charge in [0, 0.05) is 0 Å². The van der Waals surface area contributed by atoms with Crippen molar-refractivity contribution in [3.8, 4) is 12.1 Å². The van der Waals surface area contributed by atoms with Gasteiger partial charge in [0.2, 0.25) is 0 Å². The summed E-state index contributed by atoms with van der Waals surface area (Å²) >= 11 is 3.21. The van der Waals surface area contributed by atoms with E-state index in [1.54, 1.807) is 6.07 Å². The lowest BCUT2D eigenvalue weighted by molar-refractivity contribution is 1.24. The van der Waals surface area contributed by atoms with Crippen LogP contribution in [-0.2, 0) is 6.42 Å². The molecule has 72 valence electrons. The summed E-state index contributed by atoms with van der Waals surface area (Å²) in [4.78, 5) is 7.13. The minimum absolute atomic E-state index is 0.226. The second kappa shape index (κ2) is 3.72. The van der Waals surface area contributed by atoms with E-state index >= 15 is 0 Å². The minimum Gasteiger partial charge on any atom is -0.332 e. The number of H-pyrrole nitrogens is 1. The number of aromatic amines is 1. The summed E-state index contributed by atoms with van der Waals surface area (Å²) in [5.41, 5.74) is 2.58. The highest BCUT2D eigenvalue weighted by atomic mass is 79.9. The van der Waals surface area contributed by atoms with Crippen molar-refractivity contribution >= 4 is 27.0 Å². The zero-order valence-corrected chi connectivity index (χ0v) is 9.17. The molecule has 0 radical (unpaired) electrons. The topological polar surface area (TPSA) is 76.3 Å². The third-order valence-corrected chi connectivity index (χ3v) is 2.47. The van der Waals surface area contributed by atoms with E-state index in [1.165, 1.54) is 0 Å². The van der Waals surface area contributed by atoms with Gasteiger partial charge in [-0.3, -0.25) is 0 Å². The summed E-state index contributed by atoms with van der Waals surface area (Å²) in [5.74, 6) is 0. The predicted octanol–water partition coefficient (Wildman–Crippen LogP) is 2.26. The predicted molar refractivity (Wildman–Crippen MR) is 57.8 cm³/mol. The molecule has 15 heavy (non-hydrogen) atoms. The molecule has 1 N–H and O–H groups in total. The number of nitriles is 2. The molecule has 5 heteroatoms. The molecule has 0 aliphatic carbocycles. The molecular weight excluding hydrogens is 256 g/mol. The number of hydrogen-bond acceptors (Lipinski definition) is 3. The Hall–Kier alpha value is -1.85. The smallest absolute Gasteiger partial charge is 0.175 e. The first kappa shape index (κ1) is 9.70. The summed E-state index contributed by atoms with van der Waals surface area (Å²) in [5, 5.41) is 17.6. The largest absolute Gasteiger partial charge is 0.332 e. The molecule has 0 unspecified atom stereocenters. The highest BCUT2D eigenvalue weighted by Gasteiger charge is 2.10. The van der Waals surface area contributed by atoms with E-state index in [9.17, 15) is 0 Å². The van der Waals surface area contributed by atoms with Crippen molar-refractivity contribution in [1.29, 1.82) is 10.5 Å². The maximum Gasteiger partial charge on any atom is 0.175 e. The van der Waals surface area contributed by atoms with Gasteiger partial charge >= 0.3 is 0 Å². The normalized spacial score (nSPS) is 9.80. The molecule has 1 aromatic heterocycles. The fourth-order valence-corrected chi connectivity index (χ4v) is 1.84. The minimum atomic E-state index is 0.226. The van der Waals surface area contributed by atoms with Crippen molar-refractivity contribution < 1.29 is 0 Å². The summed E-state index contributed by atoms with van der Waals surface area (Å²) < 4.78 is 0.586. The lowest BCUT2D eigenvalue weighted by atomic mass is 10.0. The molecule has 0 atom stereocenters. The molecule has 0 aliphatic rings. The highest BCUT2D eigenvalue weighted by Crippen LogP contribution is 2.22. The number of benzene rings is 1. The van der Waals surface area contributed by atoms with Crippen LogP contribution in [0.3, 0.4) is 0 Å². The third kappa shape index (κ3) is 1.58. The lowest BCUT2D eigenvalue weighted by Gasteiger charge is -1.98. The summed E-state index contributed by atoms with van der Waals surface area (Å²) in [6, 6.07) is 7.70. The van der Waals surface area contributed by atoms with E-state index in [0.717, 1.165) is 5.52 Å². The van der Waals surface area contributed by atoms with Gasteiger partial charge in [0.25, 0.3) is 0 Å². The molecule has 1 heterocycles. The Balaban J connectivity index is 2.77. The van der Waals surface area contributed by atoms with E-state index in [2.05, 4.69) is 32.0 Å². The average molecular weight is 261 g/mol. The number of nitrogens with zero attached hydrogens (tertiary/aromatic N) is 3. The third-order valence-electron chi connectivity index (χ3n) is 2.09. The van der Waals surface area contributed by atoms with Crippen molar-refractivity contribution in [2.45, 2.75) is 6.42 Å².